The molecule has 2 fully saturated rings. The summed E-state index contributed by atoms with van der Waals surface area (Å²) in [6, 6.07) is 5.46. The van der Waals surface area contributed by atoms with Crippen LogP contribution in [0, 0.1) is 0 Å². The predicted octanol–water partition coefficient (Wildman–Crippen LogP) is 2.26. The lowest BCUT2D eigenvalue weighted by atomic mass is 10.2. The highest BCUT2D eigenvalue weighted by Gasteiger charge is 2.38. The highest BCUT2D eigenvalue weighted by molar-refractivity contribution is 8.26. The lowest BCUT2D eigenvalue weighted by Gasteiger charge is -2.21. The molecule has 31 heavy (non-hydrogen) atoms. The van der Waals surface area contributed by atoms with Crippen molar-refractivity contribution in [3.8, 4) is 0 Å². The first kappa shape index (κ1) is 21.9. The molecule has 1 aliphatic heterocycles. The van der Waals surface area contributed by atoms with Crippen molar-refractivity contribution in [1.82, 2.24) is 14.3 Å². The summed E-state index contributed by atoms with van der Waals surface area (Å²) in [5.41, 5.74) is 0.537. The summed E-state index contributed by atoms with van der Waals surface area (Å²) >= 11 is 6.71. The molecule has 0 bridgehead atoms. The van der Waals surface area contributed by atoms with Crippen molar-refractivity contribution >= 4 is 51.7 Å². The second kappa shape index (κ2) is 9.90. The predicted molar refractivity (Wildman–Crippen MR) is 125 cm³/mol. The van der Waals surface area contributed by atoms with Gasteiger partial charge in [-0.05, 0) is 31.1 Å². The molecule has 1 amide bonds. The van der Waals surface area contributed by atoms with Gasteiger partial charge in [-0.15, -0.1) is 0 Å². The molecule has 0 radical (unpaired) electrons. The Hall–Kier alpha value is -2.27. The second-order valence-electron chi connectivity index (χ2n) is 7.36. The number of carbonyl (C=O) groups excluding carboxylic acids is 1. The van der Waals surface area contributed by atoms with E-state index in [1.807, 2.05) is 6.07 Å². The number of rotatable bonds is 8. The number of ether oxygens (including phenoxy) is 1. The second-order valence-corrected chi connectivity index (χ2v) is 9.04. The quantitative estimate of drug-likeness (QED) is 0.352. The van der Waals surface area contributed by atoms with E-state index in [1.165, 1.54) is 16.2 Å². The number of amides is 1. The minimum Gasteiger partial charge on any atom is -0.394 e. The summed E-state index contributed by atoms with van der Waals surface area (Å²) in [6.45, 7) is 0.939. The van der Waals surface area contributed by atoms with Crippen molar-refractivity contribution in [2.75, 3.05) is 31.7 Å². The lowest BCUT2D eigenvalue weighted by Crippen LogP contribution is -2.36. The van der Waals surface area contributed by atoms with Crippen molar-refractivity contribution in [1.29, 1.82) is 0 Å². The van der Waals surface area contributed by atoms with E-state index in [9.17, 15) is 9.59 Å². The zero-order valence-corrected chi connectivity index (χ0v) is 18.6. The van der Waals surface area contributed by atoms with Gasteiger partial charge in [0.15, 0.2) is 0 Å². The van der Waals surface area contributed by atoms with Gasteiger partial charge in [0, 0.05) is 18.8 Å². The number of nitrogens with zero attached hydrogens (tertiary/aromatic N) is 3. The zero-order valence-electron chi connectivity index (χ0n) is 17.0. The molecular weight excluding hydrogens is 436 g/mol. The van der Waals surface area contributed by atoms with Crippen molar-refractivity contribution < 1.29 is 14.6 Å². The maximum atomic E-state index is 13.2. The van der Waals surface area contributed by atoms with Gasteiger partial charge in [0.2, 0.25) is 0 Å². The fraction of sp³-hybridized carbons (Fsp3) is 0.429. The van der Waals surface area contributed by atoms with Gasteiger partial charge in [-0.1, -0.05) is 42.9 Å². The average molecular weight is 461 g/mol. The van der Waals surface area contributed by atoms with Crippen molar-refractivity contribution in [2.24, 2.45) is 0 Å². The molecule has 4 rings (SSSR count). The highest BCUT2D eigenvalue weighted by atomic mass is 32.2. The van der Waals surface area contributed by atoms with E-state index in [-0.39, 0.29) is 30.7 Å². The van der Waals surface area contributed by atoms with Crippen LogP contribution in [0.25, 0.3) is 11.7 Å². The molecule has 1 saturated heterocycles. The summed E-state index contributed by atoms with van der Waals surface area (Å²) in [5.74, 6) is 0.242. The Labute approximate surface area is 189 Å². The normalized spacial score (nSPS) is 18.6. The Balaban J connectivity index is 1.67. The summed E-state index contributed by atoms with van der Waals surface area (Å²) in [7, 11) is 0. The van der Waals surface area contributed by atoms with Crippen LogP contribution >= 0.6 is 24.0 Å². The van der Waals surface area contributed by atoms with Crippen LogP contribution in [0.15, 0.2) is 34.1 Å². The SMILES string of the molecule is O=C1C(=Cc2c(NCCOCCO)nc3ccccn3c2=O)SC(=S)N1C1CCCC1. The number of pyridine rings is 1. The van der Waals surface area contributed by atoms with Crippen LogP contribution in [-0.2, 0) is 9.53 Å². The third-order valence-corrected chi connectivity index (χ3v) is 6.66. The smallest absolute Gasteiger partial charge is 0.267 e. The number of thiocarbonyl (C=S) groups is 1. The lowest BCUT2D eigenvalue weighted by molar-refractivity contribution is -0.123. The number of hydrogen-bond acceptors (Lipinski definition) is 8. The maximum Gasteiger partial charge on any atom is 0.267 e. The summed E-state index contributed by atoms with van der Waals surface area (Å²) in [5, 5.41) is 12.0. The average Bonchev–Trinajstić information content (AvgIpc) is 3.38. The van der Waals surface area contributed by atoms with E-state index < -0.39 is 0 Å². The molecule has 0 spiro atoms. The van der Waals surface area contributed by atoms with Crippen LogP contribution in [0.1, 0.15) is 31.2 Å². The number of thioether (sulfide) groups is 1. The minimum atomic E-state index is -0.268. The molecule has 1 saturated carbocycles. The Kier molecular flexibility index (Phi) is 7.01. The zero-order chi connectivity index (χ0) is 21.8. The molecule has 3 heterocycles. The Morgan fingerprint density at radius 1 is 1.29 bits per heavy atom. The van der Waals surface area contributed by atoms with E-state index in [0.29, 0.717) is 39.4 Å². The van der Waals surface area contributed by atoms with E-state index in [0.717, 1.165) is 25.7 Å². The Morgan fingerprint density at radius 3 is 2.87 bits per heavy atom. The summed E-state index contributed by atoms with van der Waals surface area (Å²) in [4.78, 5) is 33.0. The van der Waals surface area contributed by atoms with Gasteiger partial charge in [0.05, 0.1) is 30.3 Å². The van der Waals surface area contributed by atoms with Crippen LogP contribution in [-0.4, -0.2) is 62.0 Å². The first-order chi connectivity index (χ1) is 15.1. The van der Waals surface area contributed by atoms with Gasteiger partial charge >= 0.3 is 0 Å². The van der Waals surface area contributed by atoms with E-state index >= 15 is 0 Å². The number of hydrogen-bond donors (Lipinski definition) is 2. The molecule has 0 unspecified atom stereocenters. The molecular formula is C21H24N4O4S2. The van der Waals surface area contributed by atoms with Gasteiger partial charge < -0.3 is 15.2 Å². The number of aromatic nitrogens is 2. The minimum absolute atomic E-state index is 0.0519. The van der Waals surface area contributed by atoms with Crippen LogP contribution in [0.5, 0.6) is 0 Å². The molecule has 2 aliphatic rings. The molecule has 0 aromatic carbocycles. The number of anilines is 1. The van der Waals surface area contributed by atoms with Gasteiger partial charge in [-0.25, -0.2) is 4.98 Å². The molecule has 2 N–H and O–H groups in total. The van der Waals surface area contributed by atoms with Crippen LogP contribution in [0.2, 0.25) is 0 Å². The molecule has 0 atom stereocenters. The standard InChI is InChI=1S/C21H24N4O4S2/c26-10-12-29-11-8-22-18-15(19(27)24-9-4-3-7-17(24)23-18)13-16-20(28)25(21(30)31-16)14-5-1-2-6-14/h3-4,7,9,13-14,22,26H,1-2,5-6,8,10-12H2. The molecule has 1 aliphatic carbocycles. The number of fused-ring (bicyclic) bond motifs is 1. The van der Waals surface area contributed by atoms with Crippen molar-refractivity contribution in [3.63, 3.8) is 0 Å². The first-order valence-electron chi connectivity index (χ1n) is 10.3. The third-order valence-electron chi connectivity index (χ3n) is 5.33. The number of carbonyl (C=O) groups is 1. The largest absolute Gasteiger partial charge is 0.394 e. The van der Waals surface area contributed by atoms with Crippen LogP contribution in [0.4, 0.5) is 5.82 Å². The summed E-state index contributed by atoms with van der Waals surface area (Å²) in [6.07, 6.45) is 7.37. The van der Waals surface area contributed by atoms with E-state index in [2.05, 4.69) is 10.3 Å². The van der Waals surface area contributed by atoms with E-state index in [4.69, 9.17) is 22.1 Å². The number of aliphatic hydroxyl groups is 1. The molecule has 2 aromatic heterocycles. The fourth-order valence-electron chi connectivity index (χ4n) is 3.86. The molecule has 8 nitrogen and oxygen atoms in total. The maximum absolute atomic E-state index is 13.2. The van der Waals surface area contributed by atoms with Gasteiger partial charge in [0.1, 0.15) is 15.8 Å². The first-order valence-corrected chi connectivity index (χ1v) is 11.5. The van der Waals surface area contributed by atoms with Crippen LogP contribution < -0.4 is 10.9 Å². The molecule has 2 aromatic rings. The molecule has 10 heteroatoms. The van der Waals surface area contributed by atoms with Gasteiger partial charge in [0.25, 0.3) is 11.5 Å². The monoisotopic (exact) mass is 460 g/mol. The fourth-order valence-corrected chi connectivity index (χ4v) is 5.25. The number of aliphatic hydroxyl groups excluding tert-OH is 1. The Morgan fingerprint density at radius 2 is 2.10 bits per heavy atom. The van der Waals surface area contributed by atoms with Crippen LogP contribution in [0.3, 0.4) is 0 Å². The van der Waals surface area contributed by atoms with Gasteiger partial charge in [-0.2, -0.15) is 0 Å². The van der Waals surface area contributed by atoms with Gasteiger partial charge in [-0.3, -0.25) is 18.9 Å². The molecule has 164 valence electrons. The van der Waals surface area contributed by atoms with E-state index in [1.54, 1.807) is 29.3 Å². The topological polar surface area (TPSA) is 96.2 Å². The third kappa shape index (κ3) is 4.67. The number of nitrogens with one attached hydrogen (secondary N) is 1. The Bertz CT molecular complexity index is 1080. The highest BCUT2D eigenvalue weighted by Crippen LogP contribution is 2.38. The summed E-state index contributed by atoms with van der Waals surface area (Å²) < 4.78 is 7.28. The van der Waals surface area contributed by atoms with Crippen molar-refractivity contribution in [2.45, 2.75) is 31.7 Å². The van der Waals surface area contributed by atoms with Crippen molar-refractivity contribution in [3.05, 3.63) is 45.2 Å².